The number of anilines is 1. The summed E-state index contributed by atoms with van der Waals surface area (Å²) in [5, 5.41) is 0. The average molecular weight is 357 g/mol. The second-order valence-corrected chi connectivity index (χ2v) is 5.61. The Morgan fingerprint density at radius 2 is 2.11 bits per heavy atom. The maximum absolute atomic E-state index is 13.0. The minimum Gasteiger partial charge on any atom is -0.311 e. The molecule has 0 spiro atoms. The van der Waals surface area contributed by atoms with Gasteiger partial charge in [-0.15, -0.1) is 11.6 Å². The zero-order valence-corrected chi connectivity index (χ0v) is 12.0. The average Bonchev–Trinajstić information content (AvgIpc) is 2.69. The van der Waals surface area contributed by atoms with Crippen LogP contribution in [-0.4, -0.2) is 18.3 Å². The standard InChI is InChI=1S/C12H10BrClF3NO/c13-8-1-2-10(9(4-8)12(15,16)17)18-6-7(5-14)3-11(18)19/h1-2,4,7H,3,5-6H2. The van der Waals surface area contributed by atoms with Crippen molar-refractivity contribution in [3.05, 3.63) is 28.2 Å². The highest BCUT2D eigenvalue weighted by molar-refractivity contribution is 9.10. The van der Waals surface area contributed by atoms with Crippen LogP contribution in [0.1, 0.15) is 12.0 Å². The van der Waals surface area contributed by atoms with E-state index in [0.717, 1.165) is 6.07 Å². The van der Waals surface area contributed by atoms with Crippen LogP contribution in [0.3, 0.4) is 0 Å². The molecule has 1 unspecified atom stereocenters. The van der Waals surface area contributed by atoms with Gasteiger partial charge in [-0.2, -0.15) is 13.2 Å². The van der Waals surface area contributed by atoms with Crippen molar-refractivity contribution in [2.24, 2.45) is 5.92 Å². The molecule has 0 N–H and O–H groups in total. The molecule has 1 aliphatic rings. The van der Waals surface area contributed by atoms with Crippen molar-refractivity contribution in [1.82, 2.24) is 0 Å². The summed E-state index contributed by atoms with van der Waals surface area (Å²) in [5.74, 6) is -0.155. The van der Waals surface area contributed by atoms with Crippen molar-refractivity contribution < 1.29 is 18.0 Å². The van der Waals surface area contributed by atoms with E-state index in [9.17, 15) is 18.0 Å². The molecule has 104 valence electrons. The fraction of sp³-hybridized carbons (Fsp3) is 0.417. The molecule has 0 bridgehead atoms. The molecule has 1 heterocycles. The van der Waals surface area contributed by atoms with Crippen LogP contribution in [0.5, 0.6) is 0 Å². The SMILES string of the molecule is O=C1CC(CCl)CN1c1ccc(Br)cc1C(F)(F)F. The van der Waals surface area contributed by atoms with Gasteiger partial charge < -0.3 is 4.90 Å². The van der Waals surface area contributed by atoms with E-state index in [2.05, 4.69) is 15.9 Å². The molecule has 1 fully saturated rings. The van der Waals surface area contributed by atoms with E-state index in [4.69, 9.17) is 11.6 Å². The number of amides is 1. The predicted octanol–water partition coefficient (Wildman–Crippen LogP) is 4.06. The van der Waals surface area contributed by atoms with Crippen LogP contribution in [0.2, 0.25) is 0 Å². The van der Waals surface area contributed by atoms with Crippen LogP contribution in [0.4, 0.5) is 18.9 Å². The van der Waals surface area contributed by atoms with Crippen LogP contribution >= 0.6 is 27.5 Å². The van der Waals surface area contributed by atoms with Gasteiger partial charge in [-0.3, -0.25) is 4.79 Å². The Kier molecular flexibility index (Phi) is 4.11. The third kappa shape index (κ3) is 3.05. The first-order valence-corrected chi connectivity index (χ1v) is 6.88. The molecular formula is C12H10BrClF3NO. The van der Waals surface area contributed by atoms with E-state index >= 15 is 0 Å². The van der Waals surface area contributed by atoms with Crippen molar-refractivity contribution >= 4 is 39.1 Å². The lowest BCUT2D eigenvalue weighted by molar-refractivity contribution is -0.137. The fourth-order valence-electron chi connectivity index (χ4n) is 2.09. The van der Waals surface area contributed by atoms with Crippen LogP contribution in [-0.2, 0) is 11.0 Å². The molecule has 1 aromatic rings. The van der Waals surface area contributed by atoms with Crippen molar-refractivity contribution in [1.29, 1.82) is 0 Å². The Hall–Kier alpha value is -0.750. The highest BCUT2D eigenvalue weighted by Gasteiger charge is 2.39. The van der Waals surface area contributed by atoms with Gasteiger partial charge in [-0.1, -0.05) is 15.9 Å². The predicted molar refractivity (Wildman–Crippen MR) is 70.3 cm³/mol. The number of benzene rings is 1. The number of carbonyl (C=O) groups excluding carboxylic acids is 1. The molecule has 7 heteroatoms. The van der Waals surface area contributed by atoms with Gasteiger partial charge in [0.05, 0.1) is 11.3 Å². The Morgan fingerprint density at radius 1 is 1.42 bits per heavy atom. The van der Waals surface area contributed by atoms with E-state index < -0.39 is 11.7 Å². The molecule has 2 rings (SSSR count). The molecule has 0 aliphatic carbocycles. The molecule has 19 heavy (non-hydrogen) atoms. The summed E-state index contributed by atoms with van der Waals surface area (Å²) in [6.07, 6.45) is -4.31. The first-order chi connectivity index (χ1) is 8.82. The zero-order valence-electron chi connectivity index (χ0n) is 9.68. The molecule has 1 aromatic carbocycles. The van der Waals surface area contributed by atoms with Gasteiger partial charge in [0.2, 0.25) is 5.91 Å². The van der Waals surface area contributed by atoms with Gasteiger partial charge in [-0.05, 0) is 24.1 Å². The number of rotatable bonds is 2. The Labute approximate surface area is 121 Å². The first-order valence-electron chi connectivity index (χ1n) is 5.56. The molecular weight excluding hydrogens is 346 g/mol. The fourth-order valence-corrected chi connectivity index (χ4v) is 2.66. The Bertz CT molecular complexity index is 506. The summed E-state index contributed by atoms with van der Waals surface area (Å²) in [7, 11) is 0. The van der Waals surface area contributed by atoms with E-state index in [1.54, 1.807) is 0 Å². The van der Waals surface area contributed by atoms with Gasteiger partial charge in [-0.25, -0.2) is 0 Å². The lowest BCUT2D eigenvalue weighted by atomic mass is 10.1. The Balaban J connectivity index is 2.43. The van der Waals surface area contributed by atoms with Gasteiger partial charge in [0, 0.05) is 23.3 Å². The van der Waals surface area contributed by atoms with Gasteiger partial charge in [0.25, 0.3) is 0 Å². The third-order valence-electron chi connectivity index (χ3n) is 2.98. The van der Waals surface area contributed by atoms with Crippen LogP contribution in [0, 0.1) is 5.92 Å². The third-order valence-corrected chi connectivity index (χ3v) is 3.91. The minimum atomic E-state index is -4.50. The lowest BCUT2D eigenvalue weighted by Gasteiger charge is -2.21. The first kappa shape index (κ1) is 14.7. The van der Waals surface area contributed by atoms with E-state index in [1.807, 2.05) is 0 Å². The number of nitrogens with zero attached hydrogens (tertiary/aromatic N) is 1. The molecule has 1 amide bonds. The van der Waals surface area contributed by atoms with Crippen molar-refractivity contribution in [2.45, 2.75) is 12.6 Å². The number of hydrogen-bond donors (Lipinski definition) is 0. The maximum Gasteiger partial charge on any atom is 0.418 e. The maximum atomic E-state index is 13.0. The Morgan fingerprint density at radius 3 is 2.63 bits per heavy atom. The number of hydrogen-bond acceptors (Lipinski definition) is 1. The summed E-state index contributed by atoms with van der Waals surface area (Å²) in [6.45, 7) is 0.229. The van der Waals surface area contributed by atoms with E-state index in [1.165, 1.54) is 17.0 Å². The zero-order chi connectivity index (χ0) is 14.2. The topological polar surface area (TPSA) is 20.3 Å². The van der Waals surface area contributed by atoms with E-state index in [-0.39, 0.29) is 36.4 Å². The molecule has 1 aliphatic heterocycles. The molecule has 0 saturated carbocycles. The molecule has 0 aromatic heterocycles. The second kappa shape index (κ2) is 5.32. The molecule has 1 atom stereocenters. The second-order valence-electron chi connectivity index (χ2n) is 4.39. The summed E-state index contributed by atoms with van der Waals surface area (Å²) in [4.78, 5) is 13.0. The quantitative estimate of drug-likeness (QED) is 0.732. The summed E-state index contributed by atoms with van der Waals surface area (Å²) in [5.41, 5.74) is -0.918. The van der Waals surface area contributed by atoms with E-state index in [0.29, 0.717) is 4.47 Å². The van der Waals surface area contributed by atoms with Crippen LogP contribution in [0.25, 0.3) is 0 Å². The summed E-state index contributed by atoms with van der Waals surface area (Å²) >= 11 is 8.69. The smallest absolute Gasteiger partial charge is 0.311 e. The highest BCUT2D eigenvalue weighted by Crippen LogP contribution is 2.40. The number of halogens is 5. The summed E-state index contributed by atoms with van der Waals surface area (Å²) in [6, 6.07) is 3.78. The van der Waals surface area contributed by atoms with Crippen LogP contribution in [0.15, 0.2) is 22.7 Å². The highest BCUT2D eigenvalue weighted by atomic mass is 79.9. The summed E-state index contributed by atoms with van der Waals surface area (Å²) < 4.78 is 39.3. The minimum absolute atomic E-state index is 0.0982. The number of alkyl halides is 4. The monoisotopic (exact) mass is 355 g/mol. The number of carbonyl (C=O) groups is 1. The van der Waals surface area contributed by atoms with Crippen molar-refractivity contribution in [3.63, 3.8) is 0 Å². The largest absolute Gasteiger partial charge is 0.418 e. The normalized spacial score (nSPS) is 20.2. The lowest BCUT2D eigenvalue weighted by Crippen LogP contribution is -2.27. The van der Waals surface area contributed by atoms with Crippen LogP contribution < -0.4 is 4.90 Å². The van der Waals surface area contributed by atoms with Gasteiger partial charge in [0.1, 0.15) is 0 Å². The van der Waals surface area contributed by atoms with Crippen molar-refractivity contribution in [3.8, 4) is 0 Å². The van der Waals surface area contributed by atoms with Gasteiger partial charge in [0.15, 0.2) is 0 Å². The van der Waals surface area contributed by atoms with Gasteiger partial charge >= 0.3 is 6.18 Å². The molecule has 0 radical (unpaired) electrons. The van der Waals surface area contributed by atoms with Crippen molar-refractivity contribution in [2.75, 3.05) is 17.3 Å². The molecule has 2 nitrogen and oxygen atoms in total. The molecule has 1 saturated heterocycles.